The first-order valence-corrected chi connectivity index (χ1v) is 10.5. The van der Waals surface area contributed by atoms with Crippen LogP contribution in [0.2, 0.25) is 0 Å². The van der Waals surface area contributed by atoms with Gasteiger partial charge in [-0.05, 0) is 93.1 Å². The highest BCUT2D eigenvalue weighted by atomic mass is 19.1. The van der Waals surface area contributed by atoms with Crippen LogP contribution < -0.4 is 0 Å². The highest BCUT2D eigenvalue weighted by molar-refractivity contribution is 6.00. The van der Waals surface area contributed by atoms with E-state index >= 15 is 0 Å². The van der Waals surface area contributed by atoms with Gasteiger partial charge >= 0.3 is 5.97 Å². The Kier molecular flexibility index (Phi) is 6.88. The van der Waals surface area contributed by atoms with Gasteiger partial charge in [0.25, 0.3) is 5.91 Å². The number of benzene rings is 2. The number of piperidine rings is 1. The number of hydrogen-bond donors (Lipinski definition) is 0. The van der Waals surface area contributed by atoms with Crippen LogP contribution in [0, 0.1) is 39.4 Å². The smallest absolute Gasteiger partial charge is 0.309 e. The molecule has 1 aliphatic rings. The minimum atomic E-state index is -0.402. The molecule has 3 rings (SSSR count). The SMILES string of the molecule is Cc1cc(C(=O)COC(=O)C2CCN(C(=O)c3ccc(F)cc3)CC2)c(C)c(C)c1C. The Balaban J connectivity index is 1.53. The summed E-state index contributed by atoms with van der Waals surface area (Å²) in [6.07, 6.45) is 0.948. The van der Waals surface area contributed by atoms with Gasteiger partial charge in [0.15, 0.2) is 6.61 Å². The van der Waals surface area contributed by atoms with Gasteiger partial charge in [0.05, 0.1) is 5.92 Å². The lowest BCUT2D eigenvalue weighted by Crippen LogP contribution is -2.40. The molecule has 0 atom stereocenters. The molecule has 0 bridgehead atoms. The van der Waals surface area contributed by atoms with Crippen LogP contribution in [0.4, 0.5) is 4.39 Å². The molecule has 0 spiro atoms. The van der Waals surface area contributed by atoms with Crippen molar-refractivity contribution >= 4 is 17.7 Å². The molecule has 0 aliphatic carbocycles. The molecule has 1 aliphatic heterocycles. The predicted octanol–water partition coefficient (Wildman–Crippen LogP) is 4.34. The number of nitrogens with zero attached hydrogens (tertiary/aromatic N) is 1. The molecule has 5 nitrogen and oxygen atoms in total. The summed E-state index contributed by atoms with van der Waals surface area (Å²) in [6.45, 7) is 8.44. The molecule has 1 fully saturated rings. The molecule has 1 saturated heterocycles. The van der Waals surface area contributed by atoms with Gasteiger partial charge in [0.1, 0.15) is 5.82 Å². The predicted molar refractivity (Wildman–Crippen MR) is 116 cm³/mol. The lowest BCUT2D eigenvalue weighted by molar-refractivity contribution is -0.148. The van der Waals surface area contributed by atoms with Crippen molar-refractivity contribution < 1.29 is 23.5 Å². The molecule has 1 amide bonds. The van der Waals surface area contributed by atoms with E-state index in [1.54, 1.807) is 4.90 Å². The Bertz CT molecular complexity index is 1010. The minimum Gasteiger partial charge on any atom is -0.457 e. The van der Waals surface area contributed by atoms with Crippen molar-refractivity contribution in [1.82, 2.24) is 4.90 Å². The average molecular weight is 426 g/mol. The third-order valence-corrected chi connectivity index (χ3v) is 6.33. The van der Waals surface area contributed by atoms with Crippen molar-refractivity contribution in [2.45, 2.75) is 40.5 Å². The van der Waals surface area contributed by atoms with E-state index in [-0.39, 0.29) is 24.2 Å². The molecule has 6 heteroatoms. The van der Waals surface area contributed by atoms with Crippen LogP contribution in [-0.2, 0) is 9.53 Å². The van der Waals surface area contributed by atoms with Gasteiger partial charge in [0, 0.05) is 24.2 Å². The number of ketones is 1. The molecule has 1 heterocycles. The fraction of sp³-hybridized carbons (Fsp3) is 0.400. The molecule has 2 aromatic carbocycles. The summed E-state index contributed by atoms with van der Waals surface area (Å²) in [7, 11) is 0. The molecule has 31 heavy (non-hydrogen) atoms. The van der Waals surface area contributed by atoms with Gasteiger partial charge in [0.2, 0.25) is 5.78 Å². The topological polar surface area (TPSA) is 63.7 Å². The Morgan fingerprint density at radius 1 is 0.968 bits per heavy atom. The number of ether oxygens (including phenoxy) is 1. The molecular formula is C25H28FNO4. The standard InChI is InChI=1S/C25H28FNO4/c1-15-13-22(18(4)17(3)16(15)2)23(28)14-31-25(30)20-9-11-27(12-10-20)24(29)19-5-7-21(26)8-6-19/h5-8,13,20H,9-12,14H2,1-4H3. The zero-order valence-electron chi connectivity index (χ0n) is 18.5. The largest absolute Gasteiger partial charge is 0.457 e. The van der Waals surface area contributed by atoms with E-state index in [1.165, 1.54) is 24.3 Å². The van der Waals surface area contributed by atoms with E-state index in [1.807, 2.05) is 33.8 Å². The number of Topliss-reactive ketones (excluding diaryl/α,β-unsaturated/α-hetero) is 1. The summed E-state index contributed by atoms with van der Waals surface area (Å²) in [5.74, 6) is -1.52. The van der Waals surface area contributed by atoms with Crippen LogP contribution >= 0.6 is 0 Å². The first-order valence-electron chi connectivity index (χ1n) is 10.5. The number of carbonyl (C=O) groups excluding carboxylic acids is 3. The van der Waals surface area contributed by atoms with Gasteiger partial charge < -0.3 is 9.64 Å². The molecule has 0 unspecified atom stereocenters. The Morgan fingerprint density at radius 3 is 2.19 bits per heavy atom. The van der Waals surface area contributed by atoms with Gasteiger partial charge in [-0.3, -0.25) is 14.4 Å². The molecule has 0 aromatic heterocycles. The van der Waals surface area contributed by atoms with Gasteiger partial charge in [-0.25, -0.2) is 4.39 Å². The second-order valence-corrected chi connectivity index (χ2v) is 8.22. The van der Waals surface area contributed by atoms with Crippen molar-refractivity contribution in [2.24, 2.45) is 5.92 Å². The highest BCUT2D eigenvalue weighted by Gasteiger charge is 2.29. The second-order valence-electron chi connectivity index (χ2n) is 8.22. The Labute approximate surface area is 182 Å². The van der Waals surface area contributed by atoms with Crippen molar-refractivity contribution in [1.29, 1.82) is 0 Å². The number of hydrogen-bond acceptors (Lipinski definition) is 4. The molecular weight excluding hydrogens is 397 g/mol. The number of esters is 1. The molecule has 164 valence electrons. The van der Waals surface area contributed by atoms with Crippen LogP contribution in [-0.4, -0.2) is 42.3 Å². The van der Waals surface area contributed by atoms with Gasteiger partial charge in [-0.1, -0.05) is 0 Å². The van der Waals surface area contributed by atoms with E-state index in [4.69, 9.17) is 4.74 Å². The lowest BCUT2D eigenvalue weighted by Gasteiger charge is -2.31. The molecule has 0 N–H and O–H groups in total. The number of carbonyl (C=O) groups is 3. The van der Waals surface area contributed by atoms with Crippen molar-refractivity contribution in [2.75, 3.05) is 19.7 Å². The lowest BCUT2D eigenvalue weighted by atomic mass is 9.93. The number of rotatable bonds is 5. The van der Waals surface area contributed by atoms with E-state index in [0.29, 0.717) is 37.1 Å². The Hall–Kier alpha value is -3.02. The third kappa shape index (κ3) is 5.01. The zero-order chi connectivity index (χ0) is 22.7. The van der Waals surface area contributed by atoms with E-state index in [9.17, 15) is 18.8 Å². The second kappa shape index (κ2) is 9.41. The first kappa shape index (κ1) is 22.7. The maximum Gasteiger partial charge on any atom is 0.309 e. The van der Waals surface area contributed by atoms with Crippen molar-refractivity contribution in [3.8, 4) is 0 Å². The van der Waals surface area contributed by atoms with Crippen LogP contribution in [0.3, 0.4) is 0 Å². The quantitative estimate of drug-likeness (QED) is 0.528. The minimum absolute atomic E-state index is 0.178. The fourth-order valence-electron chi connectivity index (χ4n) is 3.93. The fourth-order valence-corrected chi connectivity index (χ4v) is 3.93. The monoisotopic (exact) mass is 425 g/mol. The van der Waals surface area contributed by atoms with Crippen molar-refractivity contribution in [3.05, 3.63) is 69.5 Å². The number of aryl methyl sites for hydroxylation is 1. The van der Waals surface area contributed by atoms with Crippen LogP contribution in [0.1, 0.15) is 55.8 Å². The highest BCUT2D eigenvalue weighted by Crippen LogP contribution is 2.23. The number of halogens is 1. The van der Waals surface area contributed by atoms with Crippen molar-refractivity contribution in [3.63, 3.8) is 0 Å². The Morgan fingerprint density at radius 2 is 1.58 bits per heavy atom. The average Bonchev–Trinajstić information content (AvgIpc) is 2.78. The normalized spacial score (nSPS) is 14.4. The summed E-state index contributed by atoms with van der Waals surface area (Å²) in [4.78, 5) is 39.3. The van der Waals surface area contributed by atoms with Crippen LogP contribution in [0.15, 0.2) is 30.3 Å². The van der Waals surface area contributed by atoms with Gasteiger partial charge in [-0.15, -0.1) is 0 Å². The summed E-state index contributed by atoms with van der Waals surface area (Å²) >= 11 is 0. The third-order valence-electron chi connectivity index (χ3n) is 6.33. The summed E-state index contributed by atoms with van der Waals surface area (Å²) < 4.78 is 18.4. The number of amides is 1. The van der Waals surface area contributed by atoms with E-state index in [2.05, 4.69) is 0 Å². The first-order chi connectivity index (χ1) is 14.7. The summed E-state index contributed by atoms with van der Waals surface area (Å²) in [6, 6.07) is 7.29. The van der Waals surface area contributed by atoms with Gasteiger partial charge in [-0.2, -0.15) is 0 Å². The zero-order valence-corrected chi connectivity index (χ0v) is 18.5. The maximum atomic E-state index is 13.0. The maximum absolute atomic E-state index is 13.0. The summed E-state index contributed by atoms with van der Waals surface area (Å²) in [5, 5.41) is 0. The number of likely N-dealkylation sites (tertiary alicyclic amines) is 1. The molecule has 2 aromatic rings. The van der Waals surface area contributed by atoms with E-state index < -0.39 is 11.8 Å². The molecule has 0 radical (unpaired) electrons. The van der Waals surface area contributed by atoms with Crippen LogP contribution in [0.5, 0.6) is 0 Å². The molecule has 0 saturated carbocycles. The van der Waals surface area contributed by atoms with E-state index in [0.717, 1.165) is 22.3 Å². The summed E-state index contributed by atoms with van der Waals surface area (Å²) in [5.41, 5.74) is 5.20. The van der Waals surface area contributed by atoms with Crippen LogP contribution in [0.25, 0.3) is 0 Å².